The molecular weight excluding hydrogens is 400 g/mol. The topological polar surface area (TPSA) is 59.3 Å². The average Bonchev–Trinajstić information content (AvgIpc) is 3.16. The second kappa shape index (κ2) is 9.16. The van der Waals surface area contributed by atoms with E-state index in [2.05, 4.69) is 10.4 Å². The first-order chi connectivity index (χ1) is 14.9. The molecule has 31 heavy (non-hydrogen) atoms. The van der Waals surface area contributed by atoms with Gasteiger partial charge in [0, 0.05) is 35.5 Å². The second-order valence-electron chi connectivity index (χ2n) is 8.18. The van der Waals surface area contributed by atoms with Gasteiger partial charge in [0.25, 0.3) is 0 Å². The van der Waals surface area contributed by atoms with Crippen molar-refractivity contribution in [2.24, 2.45) is 0 Å². The molecule has 0 amide bonds. The van der Waals surface area contributed by atoms with Gasteiger partial charge in [0.05, 0.1) is 24.6 Å². The van der Waals surface area contributed by atoms with Crippen molar-refractivity contribution in [3.05, 3.63) is 76.6 Å². The Morgan fingerprint density at radius 3 is 2.68 bits per heavy atom. The Morgan fingerprint density at radius 1 is 1.19 bits per heavy atom. The monoisotopic (exact) mass is 427 g/mol. The van der Waals surface area contributed by atoms with Crippen molar-refractivity contribution in [2.75, 3.05) is 0 Å². The number of fused-ring (bicyclic) bond motifs is 1. The average molecular weight is 427 g/mol. The van der Waals surface area contributed by atoms with Gasteiger partial charge < -0.3 is 15.2 Å². The van der Waals surface area contributed by atoms with Gasteiger partial charge in [-0.2, -0.15) is 5.10 Å². The lowest BCUT2D eigenvalue weighted by Crippen LogP contribution is -2.25. The minimum atomic E-state index is -0.616. The standard InChI is InChI=1S/C24H27F2N3O2/c1-15(2)31-24-7-6-16(8-17(24)14-30)12-27-22-4-3-5-23-21(22)13-28-29(23)20-10-18(25)9-19(26)11-20/h6-11,13,15,22,27,30H,3-5,12,14H2,1-2H3/t22-/m1/s1. The molecule has 1 atom stereocenters. The summed E-state index contributed by atoms with van der Waals surface area (Å²) >= 11 is 0. The predicted octanol–water partition coefficient (Wildman–Crippen LogP) is 4.60. The molecule has 0 saturated carbocycles. The maximum Gasteiger partial charge on any atom is 0.128 e. The van der Waals surface area contributed by atoms with Crippen LogP contribution in [0.1, 0.15) is 55.1 Å². The molecular formula is C24H27F2N3O2. The fourth-order valence-electron chi connectivity index (χ4n) is 4.13. The van der Waals surface area contributed by atoms with Gasteiger partial charge in [-0.05, 0) is 62.9 Å². The van der Waals surface area contributed by atoms with Crippen LogP contribution in [0.4, 0.5) is 8.78 Å². The normalized spacial score (nSPS) is 15.9. The highest BCUT2D eigenvalue weighted by atomic mass is 19.1. The molecule has 1 heterocycles. The van der Waals surface area contributed by atoms with Crippen LogP contribution in [-0.2, 0) is 19.6 Å². The number of nitrogens with one attached hydrogen (secondary N) is 1. The van der Waals surface area contributed by atoms with Gasteiger partial charge in [-0.1, -0.05) is 6.07 Å². The van der Waals surface area contributed by atoms with Crippen LogP contribution in [0.2, 0.25) is 0 Å². The van der Waals surface area contributed by atoms with E-state index >= 15 is 0 Å². The summed E-state index contributed by atoms with van der Waals surface area (Å²) < 4.78 is 34.7. The highest BCUT2D eigenvalue weighted by Gasteiger charge is 2.25. The van der Waals surface area contributed by atoms with Crippen LogP contribution in [-0.4, -0.2) is 21.0 Å². The molecule has 2 aromatic carbocycles. The number of hydrogen-bond acceptors (Lipinski definition) is 4. The number of ether oxygens (including phenoxy) is 1. The number of benzene rings is 2. The van der Waals surface area contributed by atoms with Crippen molar-refractivity contribution in [1.29, 1.82) is 0 Å². The molecule has 0 spiro atoms. The summed E-state index contributed by atoms with van der Waals surface area (Å²) in [5.74, 6) is -0.534. The molecule has 164 valence electrons. The first-order valence-electron chi connectivity index (χ1n) is 10.6. The van der Waals surface area contributed by atoms with Crippen LogP contribution in [0, 0.1) is 11.6 Å². The molecule has 0 bridgehead atoms. The molecule has 1 aromatic heterocycles. The minimum Gasteiger partial charge on any atom is -0.491 e. The summed E-state index contributed by atoms with van der Waals surface area (Å²) in [6, 6.07) is 9.39. The van der Waals surface area contributed by atoms with Crippen LogP contribution in [0.25, 0.3) is 5.69 Å². The first-order valence-corrected chi connectivity index (χ1v) is 10.6. The Hall–Kier alpha value is -2.77. The summed E-state index contributed by atoms with van der Waals surface area (Å²) in [5.41, 5.74) is 4.24. The Kier molecular flexibility index (Phi) is 6.34. The predicted molar refractivity (Wildman–Crippen MR) is 114 cm³/mol. The maximum absolute atomic E-state index is 13.7. The lowest BCUT2D eigenvalue weighted by Gasteiger charge is -2.24. The second-order valence-corrected chi connectivity index (χ2v) is 8.18. The highest BCUT2D eigenvalue weighted by molar-refractivity contribution is 5.39. The third-order valence-corrected chi connectivity index (χ3v) is 5.49. The number of aliphatic hydroxyl groups is 1. The Labute approximate surface area is 180 Å². The largest absolute Gasteiger partial charge is 0.491 e. The molecule has 0 radical (unpaired) electrons. The Bertz CT molecular complexity index is 1040. The number of halogens is 2. The van der Waals surface area contributed by atoms with Crippen LogP contribution in [0.3, 0.4) is 0 Å². The van der Waals surface area contributed by atoms with Crippen molar-refractivity contribution < 1.29 is 18.6 Å². The van der Waals surface area contributed by atoms with Crippen molar-refractivity contribution in [3.8, 4) is 11.4 Å². The molecule has 2 N–H and O–H groups in total. The fraction of sp³-hybridized carbons (Fsp3) is 0.375. The van der Waals surface area contributed by atoms with E-state index in [-0.39, 0.29) is 18.8 Å². The summed E-state index contributed by atoms with van der Waals surface area (Å²) in [6.45, 7) is 4.45. The molecule has 5 nitrogen and oxygen atoms in total. The number of aromatic nitrogens is 2. The molecule has 4 rings (SSSR count). The number of aliphatic hydroxyl groups excluding tert-OH is 1. The van der Waals surface area contributed by atoms with E-state index in [9.17, 15) is 13.9 Å². The van der Waals surface area contributed by atoms with E-state index < -0.39 is 11.6 Å². The van der Waals surface area contributed by atoms with Gasteiger partial charge in [0.2, 0.25) is 0 Å². The SMILES string of the molecule is CC(C)Oc1ccc(CN[C@@H]2CCCc3c2cnn3-c2cc(F)cc(F)c2)cc1CO. The molecule has 7 heteroatoms. The third-order valence-electron chi connectivity index (χ3n) is 5.49. The highest BCUT2D eigenvalue weighted by Crippen LogP contribution is 2.32. The Balaban J connectivity index is 1.51. The number of rotatable bonds is 7. The summed E-state index contributed by atoms with van der Waals surface area (Å²) in [7, 11) is 0. The maximum atomic E-state index is 13.7. The zero-order valence-electron chi connectivity index (χ0n) is 17.7. The van der Waals surface area contributed by atoms with Gasteiger partial charge in [-0.15, -0.1) is 0 Å². The summed E-state index contributed by atoms with van der Waals surface area (Å²) in [5, 5.41) is 17.7. The van der Waals surface area contributed by atoms with Crippen molar-refractivity contribution in [1.82, 2.24) is 15.1 Å². The third kappa shape index (κ3) is 4.78. The summed E-state index contributed by atoms with van der Waals surface area (Å²) in [6.07, 6.45) is 4.54. The fourth-order valence-corrected chi connectivity index (χ4v) is 4.13. The van der Waals surface area contributed by atoms with Crippen LogP contribution >= 0.6 is 0 Å². The van der Waals surface area contributed by atoms with Crippen LogP contribution in [0.15, 0.2) is 42.6 Å². The number of hydrogen-bond donors (Lipinski definition) is 2. The zero-order chi connectivity index (χ0) is 22.0. The van der Waals surface area contributed by atoms with Crippen molar-refractivity contribution in [2.45, 2.75) is 58.4 Å². The van der Waals surface area contributed by atoms with E-state index in [0.29, 0.717) is 18.0 Å². The number of nitrogens with zero attached hydrogens (tertiary/aromatic N) is 2. The lowest BCUT2D eigenvalue weighted by atomic mass is 9.92. The molecule has 0 aliphatic heterocycles. The molecule has 0 fully saturated rings. The molecule has 3 aromatic rings. The van der Waals surface area contributed by atoms with E-state index in [0.717, 1.165) is 47.7 Å². The van der Waals surface area contributed by atoms with Gasteiger partial charge in [-0.3, -0.25) is 0 Å². The molecule has 1 aliphatic carbocycles. The quantitative estimate of drug-likeness (QED) is 0.579. The van der Waals surface area contributed by atoms with E-state index in [1.807, 2.05) is 32.0 Å². The summed E-state index contributed by atoms with van der Waals surface area (Å²) in [4.78, 5) is 0. The van der Waals surface area contributed by atoms with E-state index in [4.69, 9.17) is 4.74 Å². The lowest BCUT2D eigenvalue weighted by molar-refractivity contribution is 0.225. The molecule has 1 aliphatic rings. The van der Waals surface area contributed by atoms with Gasteiger partial charge in [-0.25, -0.2) is 13.5 Å². The van der Waals surface area contributed by atoms with Crippen molar-refractivity contribution in [3.63, 3.8) is 0 Å². The van der Waals surface area contributed by atoms with Gasteiger partial charge in [0.1, 0.15) is 17.4 Å². The van der Waals surface area contributed by atoms with Crippen LogP contribution in [0.5, 0.6) is 5.75 Å². The first kappa shape index (κ1) is 21.5. The van der Waals surface area contributed by atoms with Gasteiger partial charge in [0.15, 0.2) is 0 Å². The zero-order valence-corrected chi connectivity index (χ0v) is 17.7. The van der Waals surface area contributed by atoms with Crippen molar-refractivity contribution >= 4 is 0 Å². The van der Waals surface area contributed by atoms with Gasteiger partial charge >= 0.3 is 0 Å². The van der Waals surface area contributed by atoms with E-state index in [1.54, 1.807) is 10.9 Å². The molecule has 0 unspecified atom stereocenters. The Morgan fingerprint density at radius 2 is 1.97 bits per heavy atom. The molecule has 0 saturated heterocycles. The van der Waals surface area contributed by atoms with Crippen LogP contribution < -0.4 is 10.1 Å². The smallest absolute Gasteiger partial charge is 0.128 e. The minimum absolute atomic E-state index is 0.0398. The van der Waals surface area contributed by atoms with E-state index in [1.165, 1.54) is 12.1 Å².